The molecule has 4 heterocycles. The molecule has 4 amide bonds. The van der Waals surface area contributed by atoms with E-state index in [1.165, 1.54) is 4.90 Å². The molecule has 2 saturated heterocycles. The molecule has 3 aliphatic heterocycles. The van der Waals surface area contributed by atoms with E-state index < -0.39 is 5.66 Å². The Labute approximate surface area is 187 Å². The van der Waals surface area contributed by atoms with Crippen LogP contribution in [-0.2, 0) is 14.4 Å². The molecule has 1 aliphatic carbocycles. The second kappa shape index (κ2) is 7.86. The molecule has 1 spiro atoms. The maximum absolute atomic E-state index is 12.9. The average molecular weight is 440 g/mol. The molecule has 1 aromatic rings. The SMILES string of the molecule is CN1c2ncccc2C(=O)NC12CCN(C(=O)CCN1C(=O)[C@@H]3CCCC[C@H]3C1=O)CC2. The largest absolute Gasteiger partial charge is 0.342 e. The van der Waals surface area contributed by atoms with Crippen molar-refractivity contribution < 1.29 is 19.2 Å². The lowest BCUT2D eigenvalue weighted by atomic mass is 9.81. The molecule has 5 rings (SSSR count). The van der Waals surface area contributed by atoms with Crippen LogP contribution in [0.3, 0.4) is 0 Å². The number of carbonyl (C=O) groups excluding carboxylic acids is 4. The van der Waals surface area contributed by atoms with Crippen molar-refractivity contribution in [1.82, 2.24) is 20.1 Å². The van der Waals surface area contributed by atoms with Gasteiger partial charge in [0.1, 0.15) is 11.5 Å². The summed E-state index contributed by atoms with van der Waals surface area (Å²) in [5.41, 5.74) is -0.00847. The van der Waals surface area contributed by atoms with Gasteiger partial charge in [-0.1, -0.05) is 12.8 Å². The van der Waals surface area contributed by atoms with Gasteiger partial charge in [0, 0.05) is 52.1 Å². The summed E-state index contributed by atoms with van der Waals surface area (Å²) in [5, 5.41) is 3.13. The first-order chi connectivity index (χ1) is 15.4. The van der Waals surface area contributed by atoms with Crippen molar-refractivity contribution in [3.8, 4) is 0 Å². The zero-order valence-corrected chi connectivity index (χ0v) is 18.4. The average Bonchev–Trinajstić information content (AvgIpc) is 3.06. The van der Waals surface area contributed by atoms with E-state index in [4.69, 9.17) is 0 Å². The van der Waals surface area contributed by atoms with Gasteiger partial charge in [-0.25, -0.2) is 4.98 Å². The Morgan fingerprint density at radius 2 is 1.78 bits per heavy atom. The Bertz CT molecular complexity index is 947. The van der Waals surface area contributed by atoms with Crippen LogP contribution in [-0.4, -0.2) is 70.8 Å². The molecule has 1 saturated carbocycles. The lowest BCUT2D eigenvalue weighted by Crippen LogP contribution is -2.67. The summed E-state index contributed by atoms with van der Waals surface area (Å²) in [6.07, 6.45) is 6.55. The maximum atomic E-state index is 12.9. The number of piperidine rings is 1. The van der Waals surface area contributed by atoms with Crippen molar-refractivity contribution in [3.05, 3.63) is 23.9 Å². The number of pyridine rings is 1. The van der Waals surface area contributed by atoms with Gasteiger partial charge in [0.2, 0.25) is 17.7 Å². The van der Waals surface area contributed by atoms with Crippen LogP contribution in [0, 0.1) is 11.8 Å². The van der Waals surface area contributed by atoms with Crippen LogP contribution in [0.1, 0.15) is 55.3 Å². The molecule has 170 valence electrons. The van der Waals surface area contributed by atoms with Crippen LogP contribution < -0.4 is 10.2 Å². The number of hydrogen-bond acceptors (Lipinski definition) is 6. The van der Waals surface area contributed by atoms with E-state index in [0.717, 1.165) is 25.7 Å². The summed E-state index contributed by atoms with van der Waals surface area (Å²) in [7, 11) is 1.92. The van der Waals surface area contributed by atoms with Gasteiger partial charge in [-0.2, -0.15) is 0 Å². The lowest BCUT2D eigenvalue weighted by molar-refractivity contribution is -0.141. The van der Waals surface area contributed by atoms with Gasteiger partial charge in [-0.05, 0) is 25.0 Å². The third-order valence-electron chi connectivity index (χ3n) is 7.76. The predicted molar refractivity (Wildman–Crippen MR) is 115 cm³/mol. The summed E-state index contributed by atoms with van der Waals surface area (Å²) in [5.74, 6) is -0.0856. The number of nitrogens with zero attached hydrogens (tertiary/aromatic N) is 4. The van der Waals surface area contributed by atoms with Crippen LogP contribution in [0.5, 0.6) is 0 Å². The fraction of sp³-hybridized carbons (Fsp3) is 0.609. The van der Waals surface area contributed by atoms with Crippen molar-refractivity contribution in [2.75, 3.05) is 31.6 Å². The normalized spacial score (nSPS) is 26.8. The van der Waals surface area contributed by atoms with Crippen LogP contribution in [0.2, 0.25) is 0 Å². The fourth-order valence-electron chi connectivity index (χ4n) is 5.81. The van der Waals surface area contributed by atoms with Gasteiger partial charge in [0.25, 0.3) is 5.91 Å². The number of fused-ring (bicyclic) bond motifs is 2. The summed E-state index contributed by atoms with van der Waals surface area (Å²) in [6.45, 7) is 1.16. The molecule has 0 aromatic carbocycles. The van der Waals surface area contributed by atoms with Crippen molar-refractivity contribution >= 4 is 29.4 Å². The van der Waals surface area contributed by atoms with Crippen LogP contribution in [0.4, 0.5) is 5.82 Å². The van der Waals surface area contributed by atoms with Gasteiger partial charge >= 0.3 is 0 Å². The molecule has 32 heavy (non-hydrogen) atoms. The predicted octanol–water partition coefficient (Wildman–Crippen LogP) is 1.15. The molecule has 3 fully saturated rings. The van der Waals surface area contributed by atoms with Crippen molar-refractivity contribution in [2.24, 2.45) is 11.8 Å². The Kier molecular flexibility index (Phi) is 5.14. The number of anilines is 1. The molecular weight excluding hydrogens is 410 g/mol. The number of hydrogen-bond donors (Lipinski definition) is 1. The van der Waals surface area contributed by atoms with Gasteiger partial charge in [0.15, 0.2) is 0 Å². The molecule has 2 atom stereocenters. The number of carbonyl (C=O) groups is 4. The first-order valence-electron chi connectivity index (χ1n) is 11.6. The van der Waals surface area contributed by atoms with E-state index in [0.29, 0.717) is 37.3 Å². The van der Waals surface area contributed by atoms with Crippen LogP contribution in [0.15, 0.2) is 18.3 Å². The monoisotopic (exact) mass is 439 g/mol. The van der Waals surface area contributed by atoms with Gasteiger partial charge in [-0.15, -0.1) is 0 Å². The summed E-state index contributed by atoms with van der Waals surface area (Å²) >= 11 is 0. The Morgan fingerprint density at radius 1 is 1.12 bits per heavy atom. The minimum absolute atomic E-state index is 0.0568. The number of rotatable bonds is 3. The smallest absolute Gasteiger partial charge is 0.256 e. The Balaban J connectivity index is 1.19. The van der Waals surface area contributed by atoms with E-state index >= 15 is 0 Å². The third-order valence-corrected chi connectivity index (χ3v) is 7.76. The fourth-order valence-corrected chi connectivity index (χ4v) is 5.81. The standard InChI is InChI=1S/C23H29N5O4/c1-26-19-17(7-4-11-24-19)20(30)25-23(26)9-13-27(14-10-23)18(29)8-12-28-21(31)15-5-2-3-6-16(15)22(28)32/h4,7,11,15-16H,2-3,5-6,8-10,12-14H2,1H3,(H,25,30)/t15-,16-/m1/s1. The molecule has 0 unspecified atom stereocenters. The minimum atomic E-state index is -0.564. The highest BCUT2D eigenvalue weighted by Crippen LogP contribution is 2.38. The van der Waals surface area contributed by atoms with E-state index in [-0.39, 0.29) is 48.4 Å². The second-order valence-corrected chi connectivity index (χ2v) is 9.38. The maximum Gasteiger partial charge on any atom is 0.256 e. The molecule has 9 nitrogen and oxygen atoms in total. The molecular formula is C23H29N5O4. The molecule has 1 aromatic heterocycles. The molecule has 0 radical (unpaired) electrons. The summed E-state index contributed by atoms with van der Waals surface area (Å²) < 4.78 is 0. The van der Waals surface area contributed by atoms with Crippen LogP contribution in [0.25, 0.3) is 0 Å². The van der Waals surface area contributed by atoms with E-state index in [1.54, 1.807) is 23.2 Å². The molecule has 4 aliphatic rings. The van der Waals surface area contributed by atoms with Crippen LogP contribution >= 0.6 is 0 Å². The number of amides is 4. The van der Waals surface area contributed by atoms with Crippen molar-refractivity contribution in [1.29, 1.82) is 0 Å². The van der Waals surface area contributed by atoms with E-state index in [9.17, 15) is 19.2 Å². The summed E-state index contributed by atoms with van der Waals surface area (Å²) in [6, 6.07) is 3.51. The molecule has 0 bridgehead atoms. The van der Waals surface area contributed by atoms with Crippen molar-refractivity contribution in [2.45, 2.75) is 50.6 Å². The Hall–Kier alpha value is -2.97. The topological polar surface area (TPSA) is 103 Å². The number of imide groups is 1. The second-order valence-electron chi connectivity index (χ2n) is 9.38. The van der Waals surface area contributed by atoms with E-state index in [1.807, 2.05) is 11.9 Å². The van der Waals surface area contributed by atoms with Gasteiger partial charge in [-0.3, -0.25) is 24.1 Å². The van der Waals surface area contributed by atoms with Gasteiger partial charge < -0.3 is 15.1 Å². The summed E-state index contributed by atoms with van der Waals surface area (Å²) in [4.78, 5) is 60.2. The number of likely N-dealkylation sites (tertiary alicyclic amines) is 2. The van der Waals surface area contributed by atoms with Crippen molar-refractivity contribution in [3.63, 3.8) is 0 Å². The quantitative estimate of drug-likeness (QED) is 0.709. The zero-order chi connectivity index (χ0) is 22.5. The minimum Gasteiger partial charge on any atom is -0.342 e. The Morgan fingerprint density at radius 3 is 2.44 bits per heavy atom. The number of nitrogens with one attached hydrogen (secondary N) is 1. The highest BCUT2D eigenvalue weighted by Gasteiger charge is 2.48. The first kappa shape index (κ1) is 20.9. The third kappa shape index (κ3) is 3.25. The highest BCUT2D eigenvalue weighted by atomic mass is 16.2. The van der Waals surface area contributed by atoms with E-state index in [2.05, 4.69) is 10.3 Å². The first-order valence-corrected chi connectivity index (χ1v) is 11.6. The molecule has 1 N–H and O–H groups in total. The molecule has 9 heteroatoms. The highest BCUT2D eigenvalue weighted by molar-refractivity contribution is 6.05. The lowest BCUT2D eigenvalue weighted by Gasteiger charge is -2.50. The van der Waals surface area contributed by atoms with Gasteiger partial charge in [0.05, 0.1) is 17.4 Å². The zero-order valence-electron chi connectivity index (χ0n) is 18.4. The number of aromatic nitrogens is 1.